The summed E-state index contributed by atoms with van der Waals surface area (Å²) >= 11 is 5.54. The Bertz CT molecular complexity index is 392. The van der Waals surface area contributed by atoms with Gasteiger partial charge in [0.2, 0.25) is 11.8 Å². The lowest BCUT2D eigenvalue weighted by atomic mass is 9.93. The fourth-order valence-electron chi connectivity index (χ4n) is 2.30. The van der Waals surface area contributed by atoms with Gasteiger partial charge in [-0.25, -0.2) is 4.98 Å². The van der Waals surface area contributed by atoms with Crippen LogP contribution in [0.2, 0.25) is 0 Å². The minimum Gasteiger partial charge on any atom is -0.474 e. The van der Waals surface area contributed by atoms with Crippen LogP contribution in [0.4, 0.5) is 0 Å². The van der Waals surface area contributed by atoms with Crippen LogP contribution in [-0.2, 0) is 4.79 Å². The molecule has 1 amide bonds. The van der Waals surface area contributed by atoms with E-state index in [1.165, 1.54) is 0 Å². The van der Waals surface area contributed by atoms with Crippen molar-refractivity contribution in [3.05, 3.63) is 24.4 Å². The lowest BCUT2D eigenvalue weighted by Gasteiger charge is -2.29. The number of nitrogens with one attached hydrogen (secondary N) is 1. The van der Waals surface area contributed by atoms with Crippen molar-refractivity contribution in [2.75, 3.05) is 5.88 Å². The van der Waals surface area contributed by atoms with Crippen molar-refractivity contribution < 1.29 is 9.53 Å². The van der Waals surface area contributed by atoms with Crippen LogP contribution in [0, 0.1) is 0 Å². The van der Waals surface area contributed by atoms with Gasteiger partial charge in [-0.2, -0.15) is 0 Å². The van der Waals surface area contributed by atoms with Crippen molar-refractivity contribution in [1.82, 2.24) is 10.3 Å². The van der Waals surface area contributed by atoms with E-state index in [0.717, 1.165) is 25.7 Å². The summed E-state index contributed by atoms with van der Waals surface area (Å²) in [6.45, 7) is 0. The molecule has 0 bridgehead atoms. The molecule has 0 unspecified atom stereocenters. The zero-order valence-electron chi connectivity index (χ0n) is 10.8. The number of hydrogen-bond donors (Lipinski definition) is 1. The molecule has 1 aliphatic rings. The van der Waals surface area contributed by atoms with Crippen molar-refractivity contribution in [2.45, 2.75) is 44.2 Å². The van der Waals surface area contributed by atoms with Crippen LogP contribution in [0.5, 0.6) is 5.88 Å². The van der Waals surface area contributed by atoms with Crippen molar-refractivity contribution in [3.63, 3.8) is 0 Å². The highest BCUT2D eigenvalue weighted by Gasteiger charge is 2.23. The van der Waals surface area contributed by atoms with Crippen LogP contribution < -0.4 is 10.1 Å². The molecule has 5 heteroatoms. The van der Waals surface area contributed by atoms with Gasteiger partial charge in [0.1, 0.15) is 6.10 Å². The number of halogens is 1. The molecular formula is C14H19ClN2O2. The van der Waals surface area contributed by atoms with Crippen LogP contribution in [0.25, 0.3) is 0 Å². The van der Waals surface area contributed by atoms with E-state index >= 15 is 0 Å². The SMILES string of the molecule is O=C(CCCl)NC1CCC(Oc2ccccn2)CC1. The summed E-state index contributed by atoms with van der Waals surface area (Å²) in [7, 11) is 0. The molecule has 1 aromatic rings. The van der Waals surface area contributed by atoms with E-state index in [2.05, 4.69) is 10.3 Å². The number of hydrogen-bond acceptors (Lipinski definition) is 3. The van der Waals surface area contributed by atoms with Gasteiger partial charge in [0.15, 0.2) is 0 Å². The summed E-state index contributed by atoms with van der Waals surface area (Å²) in [4.78, 5) is 15.6. The third-order valence-electron chi connectivity index (χ3n) is 3.29. The van der Waals surface area contributed by atoms with Crippen molar-refractivity contribution in [1.29, 1.82) is 0 Å². The summed E-state index contributed by atoms with van der Waals surface area (Å²) in [5.74, 6) is 1.10. The Morgan fingerprint density at radius 1 is 1.37 bits per heavy atom. The molecule has 0 aromatic carbocycles. The second kappa shape index (κ2) is 7.34. The van der Waals surface area contributed by atoms with Crippen LogP contribution in [0.15, 0.2) is 24.4 Å². The zero-order chi connectivity index (χ0) is 13.5. The summed E-state index contributed by atoms with van der Waals surface area (Å²) in [5, 5.41) is 3.01. The largest absolute Gasteiger partial charge is 0.474 e. The minimum absolute atomic E-state index is 0.0455. The molecule has 0 aliphatic heterocycles. The fourth-order valence-corrected chi connectivity index (χ4v) is 2.47. The Morgan fingerprint density at radius 2 is 2.16 bits per heavy atom. The molecule has 4 nitrogen and oxygen atoms in total. The summed E-state index contributed by atoms with van der Waals surface area (Å²) < 4.78 is 5.81. The monoisotopic (exact) mass is 282 g/mol. The van der Waals surface area contributed by atoms with E-state index in [4.69, 9.17) is 16.3 Å². The zero-order valence-corrected chi connectivity index (χ0v) is 11.6. The molecule has 0 radical (unpaired) electrons. The fraction of sp³-hybridized carbons (Fsp3) is 0.571. The average molecular weight is 283 g/mol. The molecule has 0 spiro atoms. The molecule has 2 rings (SSSR count). The standard InChI is InChI=1S/C14H19ClN2O2/c15-9-8-13(18)17-11-4-6-12(7-5-11)19-14-3-1-2-10-16-14/h1-3,10-12H,4-9H2,(H,17,18). The number of alkyl halides is 1. The minimum atomic E-state index is 0.0455. The first-order chi connectivity index (χ1) is 9.28. The smallest absolute Gasteiger partial charge is 0.221 e. The molecular weight excluding hydrogens is 264 g/mol. The molecule has 1 saturated carbocycles. The average Bonchev–Trinajstić information content (AvgIpc) is 2.42. The predicted octanol–water partition coefficient (Wildman–Crippen LogP) is 2.52. The Kier molecular flexibility index (Phi) is 5.45. The van der Waals surface area contributed by atoms with Crippen molar-refractivity contribution in [2.24, 2.45) is 0 Å². The molecule has 19 heavy (non-hydrogen) atoms. The second-order valence-electron chi connectivity index (χ2n) is 4.77. The van der Waals surface area contributed by atoms with E-state index in [-0.39, 0.29) is 18.1 Å². The molecule has 0 saturated heterocycles. The van der Waals surface area contributed by atoms with E-state index in [1.54, 1.807) is 6.20 Å². The number of rotatable bonds is 5. The maximum absolute atomic E-state index is 11.4. The first kappa shape index (κ1) is 14.1. The van der Waals surface area contributed by atoms with Gasteiger partial charge in [-0.1, -0.05) is 6.07 Å². The Morgan fingerprint density at radius 3 is 2.79 bits per heavy atom. The van der Waals surface area contributed by atoms with Gasteiger partial charge in [-0.3, -0.25) is 4.79 Å². The highest BCUT2D eigenvalue weighted by atomic mass is 35.5. The number of nitrogens with zero attached hydrogens (tertiary/aromatic N) is 1. The Labute approximate surface area is 118 Å². The highest BCUT2D eigenvalue weighted by Crippen LogP contribution is 2.22. The highest BCUT2D eigenvalue weighted by molar-refractivity contribution is 6.18. The molecule has 1 N–H and O–H groups in total. The predicted molar refractivity (Wildman–Crippen MR) is 74.4 cm³/mol. The number of carbonyl (C=O) groups is 1. The first-order valence-electron chi connectivity index (χ1n) is 6.71. The lowest BCUT2D eigenvalue weighted by Crippen LogP contribution is -2.39. The van der Waals surface area contributed by atoms with Gasteiger partial charge >= 0.3 is 0 Å². The molecule has 1 aromatic heterocycles. The van der Waals surface area contributed by atoms with E-state index in [9.17, 15) is 4.79 Å². The summed E-state index contributed by atoms with van der Waals surface area (Å²) in [5.41, 5.74) is 0. The second-order valence-corrected chi connectivity index (χ2v) is 5.14. The number of amides is 1. The first-order valence-corrected chi connectivity index (χ1v) is 7.24. The molecule has 1 fully saturated rings. The van der Waals surface area contributed by atoms with Gasteiger partial charge in [-0.05, 0) is 31.7 Å². The number of pyridine rings is 1. The third-order valence-corrected chi connectivity index (χ3v) is 3.48. The van der Waals surface area contributed by atoms with Crippen molar-refractivity contribution >= 4 is 17.5 Å². The van der Waals surface area contributed by atoms with Gasteiger partial charge in [0.05, 0.1) is 0 Å². The van der Waals surface area contributed by atoms with Crippen molar-refractivity contribution in [3.8, 4) is 5.88 Å². The van der Waals surface area contributed by atoms with Crippen LogP contribution in [-0.4, -0.2) is 28.9 Å². The van der Waals surface area contributed by atoms with Gasteiger partial charge in [0.25, 0.3) is 0 Å². The van der Waals surface area contributed by atoms with E-state index in [1.807, 2.05) is 18.2 Å². The third kappa shape index (κ3) is 4.71. The molecule has 104 valence electrons. The lowest BCUT2D eigenvalue weighted by molar-refractivity contribution is -0.121. The van der Waals surface area contributed by atoms with Gasteiger partial charge in [-0.15, -0.1) is 11.6 Å². The topological polar surface area (TPSA) is 51.2 Å². The normalized spacial score (nSPS) is 22.8. The number of aromatic nitrogens is 1. The summed E-state index contributed by atoms with van der Waals surface area (Å²) in [6, 6.07) is 5.92. The van der Waals surface area contributed by atoms with Gasteiger partial charge in [0, 0.05) is 30.6 Å². The van der Waals surface area contributed by atoms with Crippen LogP contribution in [0.1, 0.15) is 32.1 Å². The number of ether oxygens (including phenoxy) is 1. The van der Waals surface area contributed by atoms with E-state index in [0.29, 0.717) is 18.2 Å². The number of carbonyl (C=O) groups excluding carboxylic acids is 1. The van der Waals surface area contributed by atoms with Crippen LogP contribution >= 0.6 is 11.6 Å². The van der Waals surface area contributed by atoms with Gasteiger partial charge < -0.3 is 10.1 Å². The quantitative estimate of drug-likeness (QED) is 0.844. The van der Waals surface area contributed by atoms with Crippen LogP contribution in [0.3, 0.4) is 0 Å². The maximum atomic E-state index is 11.4. The molecule has 1 heterocycles. The Hall–Kier alpha value is -1.29. The molecule has 1 aliphatic carbocycles. The maximum Gasteiger partial charge on any atom is 0.221 e. The Balaban J connectivity index is 1.72. The van der Waals surface area contributed by atoms with E-state index < -0.39 is 0 Å². The molecule has 0 atom stereocenters. The summed E-state index contributed by atoms with van der Waals surface area (Å²) in [6.07, 6.45) is 6.12.